The summed E-state index contributed by atoms with van der Waals surface area (Å²) in [5.74, 6) is -0.642. The average molecular weight is 217 g/mol. The van der Waals surface area contributed by atoms with Gasteiger partial charge in [-0.2, -0.15) is 0 Å². The van der Waals surface area contributed by atoms with E-state index in [0.29, 0.717) is 11.3 Å². The van der Waals surface area contributed by atoms with E-state index < -0.39 is 5.97 Å². The van der Waals surface area contributed by atoms with Crippen LogP contribution in [0.5, 0.6) is 0 Å². The van der Waals surface area contributed by atoms with E-state index in [1.165, 1.54) is 7.11 Å². The summed E-state index contributed by atoms with van der Waals surface area (Å²) >= 11 is 0. The van der Waals surface area contributed by atoms with E-state index >= 15 is 0 Å². The van der Waals surface area contributed by atoms with Crippen molar-refractivity contribution in [3.63, 3.8) is 0 Å². The van der Waals surface area contributed by atoms with Crippen LogP contribution in [0, 0.1) is 0 Å². The number of methoxy groups -OCH3 is 1. The minimum absolute atomic E-state index is 0.0803. The summed E-state index contributed by atoms with van der Waals surface area (Å²) in [6.45, 7) is 0. The maximum atomic E-state index is 11.5. The van der Waals surface area contributed by atoms with Crippen LogP contribution in [0.4, 0.5) is 0 Å². The molecule has 0 bridgehead atoms. The molecule has 1 aliphatic heterocycles. The van der Waals surface area contributed by atoms with Gasteiger partial charge in [0.25, 0.3) is 0 Å². The molecule has 0 saturated heterocycles. The molecule has 16 heavy (non-hydrogen) atoms. The topological polar surface area (TPSA) is 55.4 Å². The first-order valence-corrected chi connectivity index (χ1v) is 4.89. The number of hydrogen-bond donors (Lipinski definition) is 1. The molecular weight excluding hydrogens is 206 g/mol. The summed E-state index contributed by atoms with van der Waals surface area (Å²) in [5.41, 5.74) is 1.75. The second-order valence-corrected chi connectivity index (χ2v) is 3.44. The molecule has 0 aliphatic carbocycles. The molecule has 0 saturated carbocycles. The molecule has 4 nitrogen and oxygen atoms in total. The smallest absolute Gasteiger partial charge is 0.336 e. The lowest BCUT2D eigenvalue weighted by Crippen LogP contribution is -2.13. The van der Waals surface area contributed by atoms with Crippen LogP contribution in [-0.4, -0.2) is 19.0 Å². The Bertz CT molecular complexity index is 462. The van der Waals surface area contributed by atoms with Gasteiger partial charge in [0.15, 0.2) is 0 Å². The largest absolute Gasteiger partial charge is 0.466 e. The van der Waals surface area contributed by atoms with Crippen LogP contribution < -0.4 is 5.32 Å². The minimum Gasteiger partial charge on any atom is -0.466 e. The van der Waals surface area contributed by atoms with Crippen molar-refractivity contribution >= 4 is 17.6 Å². The van der Waals surface area contributed by atoms with Gasteiger partial charge in [-0.25, -0.2) is 4.79 Å². The normalized spacial score (nSPS) is 14.9. The first kappa shape index (κ1) is 10.4. The maximum absolute atomic E-state index is 11.5. The number of benzene rings is 1. The number of carbonyl (C=O) groups excluding carboxylic acids is 2. The van der Waals surface area contributed by atoms with Crippen LogP contribution in [0.3, 0.4) is 0 Å². The third-order valence-corrected chi connectivity index (χ3v) is 2.40. The number of amides is 1. The monoisotopic (exact) mass is 217 g/mol. The Labute approximate surface area is 92.9 Å². The minimum atomic E-state index is -0.461. The fourth-order valence-electron chi connectivity index (χ4n) is 1.66. The second-order valence-electron chi connectivity index (χ2n) is 3.44. The van der Waals surface area contributed by atoms with Crippen molar-refractivity contribution in [2.45, 2.75) is 6.42 Å². The Balaban J connectivity index is 2.43. The van der Waals surface area contributed by atoms with Crippen molar-refractivity contribution in [3.05, 3.63) is 41.5 Å². The Morgan fingerprint density at radius 2 is 2.00 bits per heavy atom. The molecule has 1 amide bonds. The predicted octanol–water partition coefficient (Wildman–Crippen LogP) is 1.09. The summed E-state index contributed by atoms with van der Waals surface area (Å²) in [6.07, 6.45) is 0.0803. The zero-order chi connectivity index (χ0) is 11.5. The molecule has 1 aromatic rings. The van der Waals surface area contributed by atoms with Crippen LogP contribution in [0.2, 0.25) is 0 Å². The number of nitrogens with one attached hydrogen (secondary N) is 1. The van der Waals surface area contributed by atoms with Gasteiger partial charge in [-0.1, -0.05) is 30.3 Å². The zero-order valence-corrected chi connectivity index (χ0v) is 8.82. The van der Waals surface area contributed by atoms with Crippen LogP contribution in [-0.2, 0) is 14.3 Å². The molecule has 1 N–H and O–H groups in total. The Kier molecular flexibility index (Phi) is 2.72. The second kappa shape index (κ2) is 4.18. The Hall–Kier alpha value is -2.10. The third-order valence-electron chi connectivity index (χ3n) is 2.40. The van der Waals surface area contributed by atoms with Gasteiger partial charge in [-0.15, -0.1) is 0 Å². The van der Waals surface area contributed by atoms with Gasteiger partial charge in [-0.05, 0) is 5.56 Å². The number of ether oxygens (including phenoxy) is 1. The molecule has 0 fully saturated rings. The number of hydrogen-bond acceptors (Lipinski definition) is 3. The molecule has 0 radical (unpaired) electrons. The highest BCUT2D eigenvalue weighted by Gasteiger charge is 2.27. The van der Waals surface area contributed by atoms with Gasteiger partial charge >= 0.3 is 5.97 Å². The lowest BCUT2D eigenvalue weighted by atomic mass is 10.1. The highest BCUT2D eigenvalue weighted by Crippen LogP contribution is 2.24. The van der Waals surface area contributed by atoms with E-state index in [1.54, 1.807) is 0 Å². The molecule has 2 rings (SSSR count). The van der Waals surface area contributed by atoms with E-state index in [1.807, 2.05) is 30.3 Å². The van der Waals surface area contributed by atoms with Crippen molar-refractivity contribution in [1.29, 1.82) is 0 Å². The molecule has 0 aromatic heterocycles. The van der Waals surface area contributed by atoms with Crippen molar-refractivity contribution in [3.8, 4) is 0 Å². The lowest BCUT2D eigenvalue weighted by Gasteiger charge is -2.05. The average Bonchev–Trinajstić information content (AvgIpc) is 2.71. The number of esters is 1. The van der Waals surface area contributed by atoms with E-state index in [9.17, 15) is 9.59 Å². The summed E-state index contributed by atoms with van der Waals surface area (Å²) in [5, 5.41) is 2.68. The first-order valence-electron chi connectivity index (χ1n) is 4.89. The van der Waals surface area contributed by atoms with E-state index in [0.717, 1.165) is 5.56 Å². The van der Waals surface area contributed by atoms with Gasteiger partial charge in [0, 0.05) is 0 Å². The van der Waals surface area contributed by atoms with Gasteiger partial charge in [0.2, 0.25) is 5.91 Å². The van der Waals surface area contributed by atoms with E-state index in [-0.39, 0.29) is 12.3 Å². The van der Waals surface area contributed by atoms with Gasteiger partial charge in [-0.3, -0.25) is 4.79 Å². The first-order chi connectivity index (χ1) is 7.72. The van der Waals surface area contributed by atoms with Gasteiger partial charge in [0.1, 0.15) is 0 Å². The molecule has 1 heterocycles. The van der Waals surface area contributed by atoms with Crippen LogP contribution in [0.15, 0.2) is 35.9 Å². The highest BCUT2D eigenvalue weighted by atomic mass is 16.5. The van der Waals surface area contributed by atoms with Crippen LogP contribution in [0.1, 0.15) is 12.0 Å². The fraction of sp³-hybridized carbons (Fsp3) is 0.167. The summed E-state index contributed by atoms with van der Waals surface area (Å²) in [7, 11) is 1.31. The summed E-state index contributed by atoms with van der Waals surface area (Å²) in [6, 6.07) is 9.25. The summed E-state index contributed by atoms with van der Waals surface area (Å²) in [4.78, 5) is 22.8. The van der Waals surface area contributed by atoms with E-state index in [2.05, 4.69) is 10.1 Å². The van der Waals surface area contributed by atoms with Crippen LogP contribution in [0.25, 0.3) is 5.70 Å². The molecule has 0 unspecified atom stereocenters. The van der Waals surface area contributed by atoms with E-state index in [4.69, 9.17) is 0 Å². The van der Waals surface area contributed by atoms with Crippen molar-refractivity contribution in [1.82, 2.24) is 5.32 Å². The third kappa shape index (κ3) is 1.82. The molecular formula is C12H11NO3. The molecule has 4 heteroatoms. The molecule has 82 valence electrons. The van der Waals surface area contributed by atoms with Crippen LogP contribution >= 0.6 is 0 Å². The van der Waals surface area contributed by atoms with Crippen molar-refractivity contribution in [2.24, 2.45) is 0 Å². The maximum Gasteiger partial charge on any atom is 0.336 e. The number of carbonyl (C=O) groups is 2. The van der Waals surface area contributed by atoms with Crippen molar-refractivity contribution in [2.75, 3.05) is 7.11 Å². The number of rotatable bonds is 2. The highest BCUT2D eigenvalue weighted by molar-refractivity contribution is 6.09. The molecule has 1 aromatic carbocycles. The molecule has 1 aliphatic rings. The quantitative estimate of drug-likeness (QED) is 0.754. The van der Waals surface area contributed by atoms with Gasteiger partial charge < -0.3 is 10.1 Å². The predicted molar refractivity (Wildman–Crippen MR) is 58.1 cm³/mol. The zero-order valence-electron chi connectivity index (χ0n) is 8.82. The molecule has 0 spiro atoms. The fourth-order valence-corrected chi connectivity index (χ4v) is 1.66. The lowest BCUT2D eigenvalue weighted by molar-refractivity contribution is -0.136. The molecule has 0 atom stereocenters. The van der Waals surface area contributed by atoms with Gasteiger partial charge in [0.05, 0.1) is 24.8 Å². The Morgan fingerprint density at radius 3 is 2.62 bits per heavy atom. The standard InChI is InChI=1S/C12H11NO3/c1-16-12(15)9-7-10(14)13-11(9)8-5-3-2-4-6-8/h2-6H,7H2,1H3,(H,13,14). The summed E-state index contributed by atoms with van der Waals surface area (Å²) < 4.78 is 4.65. The van der Waals surface area contributed by atoms with Crippen molar-refractivity contribution < 1.29 is 14.3 Å². The Morgan fingerprint density at radius 1 is 1.31 bits per heavy atom. The SMILES string of the molecule is COC(=O)C1=C(c2ccccc2)NC(=O)C1.